The first-order chi connectivity index (χ1) is 7.11. The molecule has 3 atom stereocenters. The highest BCUT2D eigenvalue weighted by Gasteiger charge is 2.33. The molecule has 1 saturated carbocycles. The fourth-order valence-corrected chi connectivity index (χ4v) is 3.38. The van der Waals surface area contributed by atoms with E-state index >= 15 is 0 Å². The van der Waals surface area contributed by atoms with E-state index in [2.05, 4.69) is 38.8 Å². The first-order valence-electron chi connectivity index (χ1n) is 5.19. The Morgan fingerprint density at radius 3 is 2.67 bits per heavy atom. The lowest BCUT2D eigenvalue weighted by molar-refractivity contribution is 0.506. The Morgan fingerprint density at radius 2 is 2.07 bits per heavy atom. The summed E-state index contributed by atoms with van der Waals surface area (Å²) in [6, 6.07) is 5.58. The Hall–Kier alpha value is 0.110. The van der Waals surface area contributed by atoms with Crippen LogP contribution in [0.4, 0.5) is 4.39 Å². The van der Waals surface area contributed by atoms with Crippen LogP contribution in [0.2, 0.25) is 0 Å². The van der Waals surface area contributed by atoms with Crippen molar-refractivity contribution in [1.82, 2.24) is 0 Å². The Labute approximate surface area is 107 Å². The number of alkyl halides is 1. The highest BCUT2D eigenvalue weighted by Crippen LogP contribution is 2.44. The Kier molecular flexibility index (Phi) is 3.51. The highest BCUT2D eigenvalue weighted by atomic mass is 79.9. The summed E-state index contributed by atoms with van der Waals surface area (Å²) in [5.74, 6) is 0.775. The maximum Gasteiger partial charge on any atom is 0.140 e. The molecule has 1 aromatic rings. The molecule has 0 N–H and O–H groups in total. The molecule has 0 spiro atoms. The summed E-state index contributed by atoms with van der Waals surface area (Å²) in [6.07, 6.45) is 2.21. The van der Waals surface area contributed by atoms with Crippen molar-refractivity contribution < 1.29 is 4.39 Å². The quantitative estimate of drug-likeness (QED) is 0.642. The lowest BCUT2D eigenvalue weighted by Gasteiger charge is -2.18. The van der Waals surface area contributed by atoms with Gasteiger partial charge in [0.2, 0.25) is 0 Å². The maximum atomic E-state index is 13.9. The van der Waals surface area contributed by atoms with E-state index in [4.69, 9.17) is 0 Å². The molecule has 0 amide bonds. The third-order valence-corrected chi connectivity index (χ3v) is 5.24. The second-order valence-corrected chi connectivity index (χ2v) is 6.23. The zero-order chi connectivity index (χ0) is 11.0. The minimum absolute atomic E-state index is 0.0871. The van der Waals surface area contributed by atoms with Crippen molar-refractivity contribution in [3.63, 3.8) is 0 Å². The monoisotopic (exact) mass is 334 g/mol. The van der Waals surface area contributed by atoms with Gasteiger partial charge in [0.25, 0.3) is 0 Å². The smallest absolute Gasteiger partial charge is 0.140 e. The van der Waals surface area contributed by atoms with E-state index in [1.165, 1.54) is 0 Å². The van der Waals surface area contributed by atoms with Gasteiger partial charge in [-0.1, -0.05) is 35.0 Å². The van der Waals surface area contributed by atoms with E-state index in [-0.39, 0.29) is 5.82 Å². The van der Waals surface area contributed by atoms with Crippen molar-refractivity contribution in [2.45, 2.75) is 30.5 Å². The molecule has 0 radical (unpaired) electrons. The molecule has 3 unspecified atom stereocenters. The number of rotatable bonds is 1. The van der Waals surface area contributed by atoms with Crippen LogP contribution >= 0.6 is 31.9 Å². The van der Waals surface area contributed by atoms with E-state index in [0.29, 0.717) is 21.1 Å². The highest BCUT2D eigenvalue weighted by molar-refractivity contribution is 9.10. The molecular formula is C12H13Br2F. The molecule has 0 aromatic heterocycles. The van der Waals surface area contributed by atoms with E-state index in [1.807, 2.05) is 12.1 Å². The Balaban J connectivity index is 2.34. The summed E-state index contributed by atoms with van der Waals surface area (Å²) >= 11 is 6.89. The largest absolute Gasteiger partial charge is 0.205 e. The third-order valence-electron chi connectivity index (χ3n) is 3.34. The van der Waals surface area contributed by atoms with Crippen LogP contribution in [0.15, 0.2) is 22.7 Å². The summed E-state index contributed by atoms with van der Waals surface area (Å²) in [7, 11) is 0. The van der Waals surface area contributed by atoms with Crippen molar-refractivity contribution >= 4 is 31.9 Å². The fourth-order valence-electron chi connectivity index (χ4n) is 2.36. The number of hydrogen-bond donors (Lipinski definition) is 0. The summed E-state index contributed by atoms with van der Waals surface area (Å²) in [6.45, 7) is 2.19. The van der Waals surface area contributed by atoms with E-state index in [0.717, 1.165) is 18.4 Å². The second-order valence-electron chi connectivity index (χ2n) is 4.20. The van der Waals surface area contributed by atoms with E-state index in [1.54, 1.807) is 6.07 Å². The minimum atomic E-state index is -0.0871. The number of hydrogen-bond acceptors (Lipinski definition) is 0. The van der Waals surface area contributed by atoms with Crippen LogP contribution in [-0.4, -0.2) is 4.83 Å². The van der Waals surface area contributed by atoms with Gasteiger partial charge in [0.1, 0.15) is 5.82 Å². The molecule has 0 bridgehead atoms. The predicted octanol–water partition coefficient (Wildman–Crippen LogP) is 4.87. The predicted molar refractivity (Wildman–Crippen MR) is 68.0 cm³/mol. The van der Waals surface area contributed by atoms with Crippen molar-refractivity contribution in [2.24, 2.45) is 5.92 Å². The molecule has 2 rings (SSSR count). The van der Waals surface area contributed by atoms with Crippen molar-refractivity contribution in [1.29, 1.82) is 0 Å². The average molecular weight is 336 g/mol. The first kappa shape index (κ1) is 11.6. The molecule has 0 heterocycles. The molecule has 3 heteroatoms. The molecule has 1 fully saturated rings. The second kappa shape index (κ2) is 4.54. The maximum absolute atomic E-state index is 13.9. The summed E-state index contributed by atoms with van der Waals surface area (Å²) in [5, 5.41) is 0. The van der Waals surface area contributed by atoms with Crippen molar-refractivity contribution in [3.8, 4) is 0 Å². The van der Waals surface area contributed by atoms with E-state index < -0.39 is 0 Å². The minimum Gasteiger partial charge on any atom is -0.205 e. The van der Waals surface area contributed by atoms with Gasteiger partial charge < -0.3 is 0 Å². The molecule has 0 aliphatic heterocycles. The first-order valence-corrected chi connectivity index (χ1v) is 6.90. The number of halogens is 3. The van der Waals surface area contributed by atoms with Gasteiger partial charge in [0.15, 0.2) is 0 Å². The molecular weight excluding hydrogens is 323 g/mol. The lowest BCUT2D eigenvalue weighted by Crippen LogP contribution is -2.10. The Bertz CT molecular complexity index is 365. The van der Waals surface area contributed by atoms with Gasteiger partial charge in [-0.2, -0.15) is 0 Å². The van der Waals surface area contributed by atoms with Crippen LogP contribution in [-0.2, 0) is 0 Å². The van der Waals surface area contributed by atoms with Gasteiger partial charge in [-0.3, -0.25) is 0 Å². The van der Waals surface area contributed by atoms with E-state index in [9.17, 15) is 4.39 Å². The normalized spacial score (nSPS) is 30.8. The fraction of sp³-hybridized carbons (Fsp3) is 0.500. The lowest BCUT2D eigenvalue weighted by atomic mass is 9.90. The molecule has 0 saturated heterocycles. The van der Waals surface area contributed by atoms with Crippen LogP contribution in [0.3, 0.4) is 0 Å². The summed E-state index contributed by atoms with van der Waals surface area (Å²) in [5.41, 5.74) is 0.860. The van der Waals surface area contributed by atoms with Crippen molar-refractivity contribution in [2.75, 3.05) is 0 Å². The molecule has 82 valence electrons. The van der Waals surface area contributed by atoms with Gasteiger partial charge in [-0.05, 0) is 52.2 Å². The topological polar surface area (TPSA) is 0 Å². The Morgan fingerprint density at radius 1 is 1.33 bits per heavy atom. The van der Waals surface area contributed by atoms with Crippen LogP contribution in [0, 0.1) is 11.7 Å². The van der Waals surface area contributed by atoms with Crippen LogP contribution < -0.4 is 0 Å². The average Bonchev–Trinajstić information content (AvgIpc) is 2.53. The zero-order valence-corrected chi connectivity index (χ0v) is 11.7. The molecule has 1 aromatic carbocycles. The van der Waals surface area contributed by atoms with Gasteiger partial charge in [-0.15, -0.1) is 0 Å². The number of benzene rings is 1. The van der Waals surface area contributed by atoms with Gasteiger partial charge in [-0.25, -0.2) is 4.39 Å². The van der Waals surface area contributed by atoms with Crippen LogP contribution in [0.1, 0.15) is 31.2 Å². The standard InChI is InChI=1S/C12H13Br2F/c1-7-8(5-6-10(7)13)9-3-2-4-11(14)12(9)15/h2-4,7-8,10H,5-6H2,1H3. The molecule has 1 aliphatic rings. The van der Waals surface area contributed by atoms with Gasteiger partial charge in [0, 0.05) is 4.83 Å². The third kappa shape index (κ3) is 2.14. The van der Waals surface area contributed by atoms with Crippen LogP contribution in [0.25, 0.3) is 0 Å². The molecule has 0 nitrogen and oxygen atoms in total. The summed E-state index contributed by atoms with van der Waals surface area (Å²) < 4.78 is 14.5. The zero-order valence-electron chi connectivity index (χ0n) is 8.51. The summed E-state index contributed by atoms with van der Waals surface area (Å²) in [4.78, 5) is 0.529. The van der Waals surface area contributed by atoms with Gasteiger partial charge >= 0.3 is 0 Å². The molecule has 15 heavy (non-hydrogen) atoms. The van der Waals surface area contributed by atoms with Crippen LogP contribution in [0.5, 0.6) is 0 Å². The SMILES string of the molecule is CC1C(Br)CCC1c1cccc(Br)c1F. The molecule has 1 aliphatic carbocycles. The van der Waals surface area contributed by atoms with Crippen molar-refractivity contribution in [3.05, 3.63) is 34.1 Å². The van der Waals surface area contributed by atoms with Gasteiger partial charge in [0.05, 0.1) is 4.47 Å².